The molecule has 0 aliphatic rings. The van der Waals surface area contributed by atoms with E-state index < -0.39 is 0 Å². The normalized spacial score (nSPS) is 9.00. The molecule has 0 aliphatic heterocycles. The maximum Gasteiger partial charge on any atom is 0.306 e. The van der Waals surface area contributed by atoms with Crippen LogP contribution in [0.2, 0.25) is 0 Å². The Morgan fingerprint density at radius 2 is 2.00 bits per heavy atom. The summed E-state index contributed by atoms with van der Waals surface area (Å²) in [6.45, 7) is 8.58. The minimum Gasteiger partial charge on any atom is -0.461 e. The van der Waals surface area contributed by atoms with Crippen LogP contribution in [-0.2, 0) is 14.3 Å². The first-order valence-corrected chi connectivity index (χ1v) is 4.03. The van der Waals surface area contributed by atoms with E-state index in [0.29, 0.717) is 12.0 Å². The molecule has 0 aromatic rings. The van der Waals surface area contributed by atoms with Gasteiger partial charge in [-0.3, -0.25) is 9.59 Å². The molecule has 0 saturated carbocycles. The Labute approximate surface area is 78.1 Å². The predicted molar refractivity (Wildman–Crippen MR) is 50.2 cm³/mol. The third-order valence-corrected chi connectivity index (χ3v) is 1.49. The molecule has 0 saturated heterocycles. The van der Waals surface area contributed by atoms with Crippen molar-refractivity contribution in [2.75, 3.05) is 6.61 Å². The third-order valence-electron chi connectivity index (χ3n) is 1.49. The van der Waals surface area contributed by atoms with Crippen LogP contribution < -0.4 is 0 Å². The summed E-state index contributed by atoms with van der Waals surface area (Å²) in [6, 6.07) is 0. The van der Waals surface area contributed by atoms with Crippen molar-refractivity contribution in [1.82, 2.24) is 0 Å². The second-order valence-corrected chi connectivity index (χ2v) is 2.63. The number of ether oxygens (including phenoxy) is 1. The summed E-state index contributed by atoms with van der Waals surface area (Å²) in [4.78, 5) is 21.6. The molecule has 3 nitrogen and oxygen atoms in total. The summed E-state index contributed by atoms with van der Waals surface area (Å²) >= 11 is 0. The Morgan fingerprint density at radius 1 is 1.38 bits per heavy atom. The van der Waals surface area contributed by atoms with Crippen molar-refractivity contribution in [3.05, 3.63) is 24.8 Å². The fourth-order valence-corrected chi connectivity index (χ4v) is 0.653. The number of ketones is 1. The average Bonchev–Trinajstić information content (AvgIpc) is 2.10. The van der Waals surface area contributed by atoms with Crippen LogP contribution in [0.15, 0.2) is 24.8 Å². The molecule has 0 N–H and O–H groups in total. The summed E-state index contributed by atoms with van der Waals surface area (Å²) in [5, 5.41) is 0. The molecular formula is C10H14O3. The summed E-state index contributed by atoms with van der Waals surface area (Å²) in [5.41, 5.74) is 0.454. The molecule has 0 heterocycles. The van der Waals surface area contributed by atoms with Gasteiger partial charge in [-0.25, -0.2) is 0 Å². The van der Waals surface area contributed by atoms with Gasteiger partial charge in [0, 0.05) is 6.42 Å². The molecule has 0 bridgehead atoms. The number of Topliss-reactive ketones (excluding diaryl/α,β-unsaturated/α-hetero) is 1. The van der Waals surface area contributed by atoms with Gasteiger partial charge in [0.2, 0.25) is 0 Å². The van der Waals surface area contributed by atoms with Gasteiger partial charge in [-0.15, -0.1) is 0 Å². The lowest BCUT2D eigenvalue weighted by atomic mass is 10.1. The number of carbonyl (C=O) groups is 2. The zero-order valence-corrected chi connectivity index (χ0v) is 7.84. The van der Waals surface area contributed by atoms with Gasteiger partial charge in [0.25, 0.3) is 0 Å². The van der Waals surface area contributed by atoms with Crippen molar-refractivity contribution >= 4 is 11.8 Å². The highest BCUT2D eigenvalue weighted by atomic mass is 16.5. The van der Waals surface area contributed by atoms with E-state index in [1.54, 1.807) is 0 Å². The maximum atomic E-state index is 10.9. The molecule has 0 unspecified atom stereocenters. The van der Waals surface area contributed by atoms with Crippen LogP contribution in [-0.4, -0.2) is 18.4 Å². The fourth-order valence-electron chi connectivity index (χ4n) is 0.653. The molecule has 0 spiro atoms. The zero-order chi connectivity index (χ0) is 10.3. The van der Waals surface area contributed by atoms with E-state index >= 15 is 0 Å². The van der Waals surface area contributed by atoms with Gasteiger partial charge >= 0.3 is 5.97 Å². The maximum absolute atomic E-state index is 10.9. The van der Waals surface area contributed by atoms with Crippen LogP contribution in [0.5, 0.6) is 0 Å². The molecule has 72 valence electrons. The van der Waals surface area contributed by atoms with Crippen molar-refractivity contribution < 1.29 is 14.3 Å². The fraction of sp³-hybridized carbons (Fsp3) is 0.400. The second-order valence-electron chi connectivity index (χ2n) is 2.63. The van der Waals surface area contributed by atoms with Gasteiger partial charge < -0.3 is 4.74 Å². The van der Waals surface area contributed by atoms with Gasteiger partial charge in [0.05, 0.1) is 0 Å². The molecule has 0 radical (unpaired) electrons. The van der Waals surface area contributed by atoms with Crippen LogP contribution in [0.3, 0.4) is 0 Å². The van der Waals surface area contributed by atoms with Crippen molar-refractivity contribution in [2.45, 2.75) is 19.8 Å². The van der Waals surface area contributed by atoms with Crippen molar-refractivity contribution in [2.24, 2.45) is 0 Å². The number of hydrogen-bond donors (Lipinski definition) is 0. The van der Waals surface area contributed by atoms with Crippen LogP contribution in [0.4, 0.5) is 0 Å². The number of esters is 1. The summed E-state index contributed by atoms with van der Waals surface area (Å²) < 4.78 is 4.71. The molecule has 0 atom stereocenters. The molecule has 0 rings (SSSR count). The highest BCUT2D eigenvalue weighted by Crippen LogP contribution is 2.04. The Morgan fingerprint density at radius 3 is 2.46 bits per heavy atom. The molecule has 0 aromatic heterocycles. The topological polar surface area (TPSA) is 43.4 Å². The summed E-state index contributed by atoms with van der Waals surface area (Å²) in [5.74, 6) is -0.418. The summed E-state index contributed by atoms with van der Waals surface area (Å²) in [7, 11) is 0. The monoisotopic (exact) mass is 182 g/mol. The van der Waals surface area contributed by atoms with Crippen molar-refractivity contribution in [1.29, 1.82) is 0 Å². The van der Waals surface area contributed by atoms with Crippen LogP contribution in [0.25, 0.3) is 0 Å². The number of hydrogen-bond acceptors (Lipinski definition) is 3. The third kappa shape index (κ3) is 5.84. The number of carbonyl (C=O) groups excluding carboxylic acids is 2. The van der Waals surface area contributed by atoms with E-state index in [9.17, 15) is 9.59 Å². The molecule has 13 heavy (non-hydrogen) atoms. The molecule has 0 amide bonds. The molecule has 0 aromatic carbocycles. The average molecular weight is 182 g/mol. The first-order valence-electron chi connectivity index (χ1n) is 4.03. The van der Waals surface area contributed by atoms with Crippen LogP contribution in [0, 0.1) is 0 Å². The van der Waals surface area contributed by atoms with Crippen LogP contribution >= 0.6 is 0 Å². The Bertz CT molecular complexity index is 228. The number of rotatable bonds is 6. The largest absolute Gasteiger partial charge is 0.461 e. The molecule has 3 heteroatoms. The van der Waals surface area contributed by atoms with E-state index in [1.807, 2.05) is 0 Å². The van der Waals surface area contributed by atoms with Gasteiger partial charge in [0.15, 0.2) is 5.78 Å². The van der Waals surface area contributed by atoms with Crippen molar-refractivity contribution in [3.8, 4) is 0 Å². The highest BCUT2D eigenvalue weighted by molar-refractivity contribution is 5.93. The van der Waals surface area contributed by atoms with E-state index in [2.05, 4.69) is 13.2 Å². The minimum absolute atomic E-state index is 0.0866. The summed E-state index contributed by atoms with van der Waals surface area (Å²) in [6.07, 6.45) is 2.06. The van der Waals surface area contributed by atoms with Crippen molar-refractivity contribution in [3.63, 3.8) is 0 Å². The molecule has 0 aliphatic carbocycles. The van der Waals surface area contributed by atoms with E-state index in [1.165, 1.54) is 13.0 Å². The Balaban J connectivity index is 3.63. The van der Waals surface area contributed by atoms with E-state index in [0.717, 1.165) is 0 Å². The van der Waals surface area contributed by atoms with Crippen LogP contribution in [0.1, 0.15) is 19.8 Å². The highest BCUT2D eigenvalue weighted by Gasteiger charge is 2.05. The van der Waals surface area contributed by atoms with Gasteiger partial charge in [-0.1, -0.05) is 19.2 Å². The minimum atomic E-state index is -0.331. The molecule has 0 fully saturated rings. The van der Waals surface area contributed by atoms with Gasteiger partial charge in [0.1, 0.15) is 6.61 Å². The first kappa shape index (κ1) is 11.6. The lowest BCUT2D eigenvalue weighted by Crippen LogP contribution is -2.06. The first-order chi connectivity index (χ1) is 6.07. The second kappa shape index (κ2) is 6.17. The van der Waals surface area contributed by atoms with Gasteiger partial charge in [-0.2, -0.15) is 0 Å². The van der Waals surface area contributed by atoms with Gasteiger partial charge in [-0.05, 0) is 18.9 Å². The van der Waals surface area contributed by atoms with E-state index in [-0.39, 0.29) is 24.8 Å². The predicted octanol–water partition coefficient (Wildman–Crippen LogP) is 1.64. The molecular weight excluding hydrogens is 168 g/mol. The lowest BCUT2D eigenvalue weighted by Gasteiger charge is -2.01. The van der Waals surface area contributed by atoms with E-state index in [4.69, 9.17) is 4.74 Å². The SMILES string of the molecule is C=CCOC(=O)CCC(=C)C(C)=O. The zero-order valence-electron chi connectivity index (χ0n) is 7.84. The smallest absolute Gasteiger partial charge is 0.306 e. The Kier molecular flexibility index (Phi) is 5.52. The standard InChI is InChI=1S/C10H14O3/c1-4-7-13-10(12)6-5-8(2)9(3)11/h4H,1-2,5-7H2,3H3. The Hall–Kier alpha value is -1.38. The quantitative estimate of drug-likeness (QED) is 0.356. The lowest BCUT2D eigenvalue weighted by molar-refractivity contribution is -0.142. The number of allylic oxidation sites excluding steroid dienone is 1.